The number of methoxy groups -OCH3 is 1. The first kappa shape index (κ1) is 26.2. The molecule has 1 atom stereocenters. The first-order valence-corrected chi connectivity index (χ1v) is 11.4. The fourth-order valence-electron chi connectivity index (χ4n) is 3.98. The van der Waals surface area contributed by atoms with E-state index in [0.717, 1.165) is 5.56 Å². The number of Topliss-reactive ketones (excluding diaryl/α,β-unsaturated/α-hetero) is 1. The summed E-state index contributed by atoms with van der Waals surface area (Å²) in [6.45, 7) is 5.06. The van der Waals surface area contributed by atoms with E-state index in [1.807, 2.05) is 6.92 Å². The molecule has 0 spiro atoms. The predicted molar refractivity (Wildman–Crippen MR) is 125 cm³/mol. The molecular formula is C25H29ClF3NO4. The van der Waals surface area contributed by atoms with Gasteiger partial charge in [0, 0.05) is 6.54 Å². The van der Waals surface area contributed by atoms with E-state index in [2.05, 4.69) is 0 Å². The molecule has 1 unspecified atom stereocenters. The SMILES string of the molecule is COc1c(Cl)c(C)c(C(C)=O)c(OCCN2CC(F)(F)C2)c1OCCC(C)c1ccc(F)cc1. The Kier molecular flexibility index (Phi) is 8.36. The number of ether oxygens (including phenoxy) is 3. The lowest BCUT2D eigenvalue weighted by molar-refractivity contribution is -0.132. The molecule has 5 nitrogen and oxygen atoms in total. The zero-order chi connectivity index (χ0) is 25.0. The van der Waals surface area contributed by atoms with Crippen molar-refractivity contribution in [3.8, 4) is 17.2 Å². The number of halogens is 4. The summed E-state index contributed by atoms with van der Waals surface area (Å²) in [6, 6.07) is 6.28. The van der Waals surface area contributed by atoms with Gasteiger partial charge in [-0.3, -0.25) is 9.69 Å². The van der Waals surface area contributed by atoms with Crippen LogP contribution in [0.25, 0.3) is 0 Å². The maximum Gasteiger partial charge on any atom is 0.272 e. The molecule has 0 aliphatic carbocycles. The van der Waals surface area contributed by atoms with E-state index in [9.17, 15) is 18.0 Å². The Hall–Kier alpha value is -2.45. The highest BCUT2D eigenvalue weighted by Crippen LogP contribution is 2.48. The summed E-state index contributed by atoms with van der Waals surface area (Å²) in [5, 5.41) is 0.240. The topological polar surface area (TPSA) is 48.0 Å². The Morgan fingerprint density at radius 1 is 1.12 bits per heavy atom. The van der Waals surface area contributed by atoms with Crippen LogP contribution in [0.4, 0.5) is 13.2 Å². The molecule has 3 rings (SSSR count). The third-order valence-corrected chi connectivity index (χ3v) is 6.35. The third kappa shape index (κ3) is 5.96. The van der Waals surface area contributed by atoms with Crippen molar-refractivity contribution in [3.05, 3.63) is 51.8 Å². The smallest absolute Gasteiger partial charge is 0.272 e. The van der Waals surface area contributed by atoms with Crippen molar-refractivity contribution in [1.82, 2.24) is 4.90 Å². The summed E-state index contributed by atoms with van der Waals surface area (Å²) in [6.07, 6.45) is 0.595. The average molecular weight is 500 g/mol. The van der Waals surface area contributed by atoms with E-state index in [4.69, 9.17) is 25.8 Å². The second-order valence-electron chi connectivity index (χ2n) is 8.57. The van der Waals surface area contributed by atoms with Gasteiger partial charge in [0.15, 0.2) is 17.3 Å². The first-order chi connectivity index (χ1) is 16.0. The molecule has 34 heavy (non-hydrogen) atoms. The average Bonchev–Trinajstić information content (AvgIpc) is 2.75. The summed E-state index contributed by atoms with van der Waals surface area (Å²) in [5.74, 6) is -2.53. The number of ketones is 1. The molecule has 9 heteroatoms. The van der Waals surface area contributed by atoms with Crippen LogP contribution >= 0.6 is 11.6 Å². The van der Waals surface area contributed by atoms with Gasteiger partial charge in [0.05, 0.1) is 37.4 Å². The van der Waals surface area contributed by atoms with Crippen LogP contribution in [0.1, 0.15) is 47.7 Å². The van der Waals surface area contributed by atoms with Gasteiger partial charge in [-0.25, -0.2) is 13.2 Å². The van der Waals surface area contributed by atoms with E-state index >= 15 is 0 Å². The van der Waals surface area contributed by atoms with E-state index in [0.29, 0.717) is 12.0 Å². The molecule has 0 saturated carbocycles. The van der Waals surface area contributed by atoms with Crippen molar-refractivity contribution in [2.75, 3.05) is 40.0 Å². The van der Waals surface area contributed by atoms with Crippen LogP contribution in [0.3, 0.4) is 0 Å². The number of benzene rings is 2. The molecule has 1 aliphatic heterocycles. The number of likely N-dealkylation sites (tertiary alicyclic amines) is 1. The van der Waals surface area contributed by atoms with Crippen molar-refractivity contribution < 1.29 is 32.2 Å². The standard InChI is InChI=1S/C25H29ClF3NO4/c1-15(18-5-7-19(27)8-6-18)9-11-33-24-22(34-12-10-30-13-25(28,29)14-30)20(17(3)31)16(2)21(26)23(24)32-4/h5-8,15H,9-14H2,1-4H3. The number of rotatable bonds is 11. The summed E-state index contributed by atoms with van der Waals surface area (Å²) in [4.78, 5) is 14.0. The van der Waals surface area contributed by atoms with Crippen molar-refractivity contribution in [3.63, 3.8) is 0 Å². The molecule has 0 amide bonds. The van der Waals surface area contributed by atoms with Gasteiger partial charge in [-0.1, -0.05) is 30.7 Å². The Morgan fingerprint density at radius 2 is 1.74 bits per heavy atom. The highest BCUT2D eigenvalue weighted by atomic mass is 35.5. The maximum atomic E-state index is 13.2. The predicted octanol–water partition coefficient (Wildman–Crippen LogP) is 5.90. The minimum atomic E-state index is -2.67. The van der Waals surface area contributed by atoms with Gasteiger partial charge >= 0.3 is 0 Å². The lowest BCUT2D eigenvalue weighted by atomic mass is 9.98. The van der Waals surface area contributed by atoms with Gasteiger partial charge in [-0.2, -0.15) is 0 Å². The van der Waals surface area contributed by atoms with Crippen molar-refractivity contribution in [2.24, 2.45) is 0 Å². The van der Waals surface area contributed by atoms with E-state index in [1.54, 1.807) is 24.0 Å². The van der Waals surface area contributed by atoms with E-state index < -0.39 is 5.92 Å². The zero-order valence-corrected chi connectivity index (χ0v) is 20.5. The highest BCUT2D eigenvalue weighted by Gasteiger charge is 2.43. The molecule has 2 aromatic rings. The third-order valence-electron chi connectivity index (χ3n) is 5.90. The number of alkyl halides is 2. The number of carbonyl (C=O) groups excluding carboxylic acids is 1. The monoisotopic (exact) mass is 499 g/mol. The van der Waals surface area contributed by atoms with Crippen LogP contribution in [-0.2, 0) is 0 Å². The van der Waals surface area contributed by atoms with Crippen LogP contribution in [0.2, 0.25) is 5.02 Å². The lowest BCUT2D eigenvalue weighted by Gasteiger charge is -2.38. The minimum Gasteiger partial charge on any atom is -0.491 e. The van der Waals surface area contributed by atoms with Crippen LogP contribution in [0, 0.1) is 12.7 Å². The Bertz CT molecular complexity index is 1020. The molecule has 1 fully saturated rings. The number of nitrogens with zero attached hydrogens (tertiary/aromatic N) is 1. The van der Waals surface area contributed by atoms with Gasteiger partial charge in [0.2, 0.25) is 5.75 Å². The lowest BCUT2D eigenvalue weighted by Crippen LogP contribution is -2.57. The van der Waals surface area contributed by atoms with Gasteiger partial charge in [0.1, 0.15) is 12.4 Å². The van der Waals surface area contributed by atoms with E-state index in [-0.39, 0.29) is 78.2 Å². The quantitative estimate of drug-likeness (QED) is 0.360. The molecular weight excluding hydrogens is 471 g/mol. The van der Waals surface area contributed by atoms with Crippen LogP contribution in [-0.4, -0.2) is 56.6 Å². The minimum absolute atomic E-state index is 0.0808. The van der Waals surface area contributed by atoms with Crippen molar-refractivity contribution in [1.29, 1.82) is 0 Å². The van der Waals surface area contributed by atoms with Gasteiger partial charge in [-0.15, -0.1) is 0 Å². The second kappa shape index (κ2) is 10.9. The number of hydrogen-bond acceptors (Lipinski definition) is 5. The summed E-state index contributed by atoms with van der Waals surface area (Å²) >= 11 is 6.48. The molecule has 1 heterocycles. The largest absolute Gasteiger partial charge is 0.491 e. The summed E-state index contributed by atoms with van der Waals surface area (Å²) in [5.41, 5.74) is 1.72. The van der Waals surface area contributed by atoms with Crippen LogP contribution in [0.5, 0.6) is 17.2 Å². The van der Waals surface area contributed by atoms with Crippen molar-refractivity contribution >= 4 is 17.4 Å². The molecule has 186 valence electrons. The fraction of sp³-hybridized carbons (Fsp3) is 0.480. The molecule has 0 N–H and O–H groups in total. The van der Waals surface area contributed by atoms with Gasteiger partial charge < -0.3 is 14.2 Å². The summed E-state index contributed by atoms with van der Waals surface area (Å²) in [7, 11) is 1.44. The van der Waals surface area contributed by atoms with Crippen LogP contribution in [0.15, 0.2) is 24.3 Å². The zero-order valence-electron chi connectivity index (χ0n) is 19.7. The van der Waals surface area contributed by atoms with E-state index in [1.165, 1.54) is 26.2 Å². The number of hydrogen-bond donors (Lipinski definition) is 0. The van der Waals surface area contributed by atoms with Crippen molar-refractivity contribution in [2.45, 2.75) is 39.0 Å². The second-order valence-corrected chi connectivity index (χ2v) is 8.94. The molecule has 0 radical (unpaired) electrons. The first-order valence-electron chi connectivity index (χ1n) is 11.1. The maximum absolute atomic E-state index is 13.2. The molecule has 0 bridgehead atoms. The molecule has 1 saturated heterocycles. The normalized spacial score (nSPS) is 16.0. The highest BCUT2D eigenvalue weighted by molar-refractivity contribution is 6.34. The van der Waals surface area contributed by atoms with Gasteiger partial charge in [-0.05, 0) is 49.4 Å². The fourth-order valence-corrected chi connectivity index (χ4v) is 4.24. The molecule has 1 aliphatic rings. The summed E-state index contributed by atoms with van der Waals surface area (Å²) < 4.78 is 56.9. The molecule has 2 aromatic carbocycles. The Labute approximate surface area is 202 Å². The Morgan fingerprint density at radius 3 is 2.29 bits per heavy atom. The molecule has 0 aromatic heterocycles. The Balaban J connectivity index is 1.79. The number of carbonyl (C=O) groups is 1. The van der Waals surface area contributed by atoms with Gasteiger partial charge in [0.25, 0.3) is 5.92 Å². The van der Waals surface area contributed by atoms with Crippen LogP contribution < -0.4 is 14.2 Å².